The average Bonchev–Trinajstić information content (AvgIpc) is 2.73. The van der Waals surface area contributed by atoms with Gasteiger partial charge in [0.25, 0.3) is 0 Å². The van der Waals surface area contributed by atoms with Gasteiger partial charge in [-0.15, -0.1) is 0 Å². The summed E-state index contributed by atoms with van der Waals surface area (Å²) in [7, 11) is 0. The van der Waals surface area contributed by atoms with E-state index in [9.17, 15) is 0 Å². The van der Waals surface area contributed by atoms with Crippen LogP contribution in [0.5, 0.6) is 0 Å². The molecule has 20 heavy (non-hydrogen) atoms. The van der Waals surface area contributed by atoms with Crippen molar-refractivity contribution in [1.82, 2.24) is 9.55 Å². The summed E-state index contributed by atoms with van der Waals surface area (Å²) in [5.41, 5.74) is 8.22. The standard InChI is InChI=1S/C16H25N3O/c1-12(2)11-20-8-7-19-10-14(9-13(3)17)15-5-4-6-18-16(15)19/h4-6,10,12-13H,7-9,11,17H2,1-3H3. The summed E-state index contributed by atoms with van der Waals surface area (Å²) in [5, 5.41) is 1.20. The van der Waals surface area contributed by atoms with E-state index >= 15 is 0 Å². The normalized spacial score (nSPS) is 13.2. The highest BCUT2D eigenvalue weighted by Crippen LogP contribution is 2.20. The van der Waals surface area contributed by atoms with E-state index in [0.717, 1.165) is 31.8 Å². The van der Waals surface area contributed by atoms with Gasteiger partial charge in [0.2, 0.25) is 0 Å². The molecule has 1 unspecified atom stereocenters. The van der Waals surface area contributed by atoms with E-state index in [1.54, 1.807) is 0 Å². The summed E-state index contributed by atoms with van der Waals surface area (Å²) in [6, 6.07) is 4.25. The van der Waals surface area contributed by atoms with E-state index in [2.05, 4.69) is 35.7 Å². The zero-order valence-corrected chi connectivity index (χ0v) is 12.7. The topological polar surface area (TPSA) is 53.1 Å². The SMILES string of the molecule is CC(C)COCCn1cc(CC(C)N)c2cccnc21. The summed E-state index contributed by atoms with van der Waals surface area (Å²) in [5.74, 6) is 0.572. The number of fused-ring (bicyclic) bond motifs is 1. The van der Waals surface area contributed by atoms with E-state index in [1.165, 1.54) is 10.9 Å². The molecule has 110 valence electrons. The molecule has 0 aliphatic carbocycles. The van der Waals surface area contributed by atoms with Crippen molar-refractivity contribution in [3.05, 3.63) is 30.1 Å². The van der Waals surface area contributed by atoms with Gasteiger partial charge in [-0.05, 0) is 37.0 Å². The van der Waals surface area contributed by atoms with Crippen molar-refractivity contribution in [2.24, 2.45) is 11.7 Å². The lowest BCUT2D eigenvalue weighted by Gasteiger charge is -2.08. The quantitative estimate of drug-likeness (QED) is 0.790. The molecule has 2 N–H and O–H groups in total. The number of hydrogen-bond donors (Lipinski definition) is 1. The Labute approximate surface area is 120 Å². The van der Waals surface area contributed by atoms with Gasteiger partial charge in [0, 0.05) is 37.0 Å². The van der Waals surface area contributed by atoms with E-state index in [-0.39, 0.29) is 6.04 Å². The van der Waals surface area contributed by atoms with Crippen molar-refractivity contribution in [2.45, 2.75) is 39.8 Å². The van der Waals surface area contributed by atoms with Crippen molar-refractivity contribution >= 4 is 11.0 Å². The van der Waals surface area contributed by atoms with Crippen molar-refractivity contribution in [3.63, 3.8) is 0 Å². The van der Waals surface area contributed by atoms with Crippen molar-refractivity contribution < 1.29 is 4.74 Å². The average molecular weight is 275 g/mol. The number of ether oxygens (including phenoxy) is 1. The maximum absolute atomic E-state index is 5.93. The number of nitrogens with zero attached hydrogens (tertiary/aromatic N) is 2. The molecule has 2 heterocycles. The molecule has 2 aromatic rings. The molecule has 0 fully saturated rings. The molecule has 0 bridgehead atoms. The Hall–Kier alpha value is -1.39. The van der Waals surface area contributed by atoms with E-state index in [1.807, 2.05) is 19.2 Å². The van der Waals surface area contributed by atoms with Gasteiger partial charge < -0.3 is 15.0 Å². The van der Waals surface area contributed by atoms with Crippen molar-refractivity contribution in [3.8, 4) is 0 Å². The first-order chi connectivity index (χ1) is 9.58. The van der Waals surface area contributed by atoms with Crippen LogP contribution in [0, 0.1) is 5.92 Å². The molecule has 2 rings (SSSR count). The predicted molar refractivity (Wildman–Crippen MR) is 82.7 cm³/mol. The lowest BCUT2D eigenvalue weighted by Crippen LogP contribution is -2.17. The van der Waals surface area contributed by atoms with Gasteiger partial charge in [0.05, 0.1) is 6.61 Å². The molecular formula is C16H25N3O. The Bertz CT molecular complexity index is 546. The summed E-state index contributed by atoms with van der Waals surface area (Å²) >= 11 is 0. The highest BCUT2D eigenvalue weighted by Gasteiger charge is 2.10. The smallest absolute Gasteiger partial charge is 0.140 e. The molecule has 0 amide bonds. The van der Waals surface area contributed by atoms with Gasteiger partial charge >= 0.3 is 0 Å². The van der Waals surface area contributed by atoms with Gasteiger partial charge in [-0.1, -0.05) is 13.8 Å². The van der Waals surface area contributed by atoms with Gasteiger partial charge in [0.15, 0.2) is 0 Å². The number of aromatic nitrogens is 2. The number of nitrogens with two attached hydrogens (primary N) is 1. The van der Waals surface area contributed by atoms with Crippen LogP contribution in [0.25, 0.3) is 11.0 Å². The van der Waals surface area contributed by atoms with Gasteiger partial charge in [0.1, 0.15) is 5.65 Å². The maximum atomic E-state index is 5.93. The number of pyridine rings is 1. The first kappa shape index (κ1) is 15.0. The highest BCUT2D eigenvalue weighted by molar-refractivity contribution is 5.80. The Balaban J connectivity index is 2.12. The largest absolute Gasteiger partial charge is 0.379 e. The first-order valence-corrected chi connectivity index (χ1v) is 7.34. The minimum Gasteiger partial charge on any atom is -0.379 e. The molecule has 0 aliphatic rings. The first-order valence-electron chi connectivity index (χ1n) is 7.34. The third kappa shape index (κ3) is 3.81. The second kappa shape index (κ2) is 6.86. The number of hydrogen-bond acceptors (Lipinski definition) is 3. The minimum absolute atomic E-state index is 0.159. The monoisotopic (exact) mass is 275 g/mol. The molecule has 0 aromatic carbocycles. The second-order valence-electron chi connectivity index (χ2n) is 5.87. The zero-order chi connectivity index (χ0) is 14.5. The maximum Gasteiger partial charge on any atom is 0.140 e. The number of rotatable bonds is 7. The van der Waals surface area contributed by atoms with Crippen LogP contribution in [0.15, 0.2) is 24.5 Å². The van der Waals surface area contributed by atoms with Crippen LogP contribution in [0.2, 0.25) is 0 Å². The van der Waals surface area contributed by atoms with Crippen LogP contribution in [0.4, 0.5) is 0 Å². The summed E-state index contributed by atoms with van der Waals surface area (Å²) in [4.78, 5) is 4.49. The van der Waals surface area contributed by atoms with E-state index in [4.69, 9.17) is 10.5 Å². The van der Waals surface area contributed by atoms with E-state index in [0.29, 0.717) is 5.92 Å². The van der Waals surface area contributed by atoms with Crippen LogP contribution in [-0.4, -0.2) is 28.8 Å². The van der Waals surface area contributed by atoms with Crippen molar-refractivity contribution in [1.29, 1.82) is 0 Å². The molecule has 2 aromatic heterocycles. The molecule has 0 aliphatic heterocycles. The lowest BCUT2D eigenvalue weighted by molar-refractivity contribution is 0.104. The van der Waals surface area contributed by atoms with Crippen LogP contribution in [0.1, 0.15) is 26.3 Å². The lowest BCUT2D eigenvalue weighted by atomic mass is 10.1. The Kier molecular flexibility index (Phi) is 5.15. The van der Waals surface area contributed by atoms with Crippen LogP contribution < -0.4 is 5.73 Å². The fourth-order valence-electron chi connectivity index (χ4n) is 2.36. The fourth-order valence-corrected chi connectivity index (χ4v) is 2.36. The zero-order valence-electron chi connectivity index (χ0n) is 12.7. The highest BCUT2D eigenvalue weighted by atomic mass is 16.5. The second-order valence-corrected chi connectivity index (χ2v) is 5.87. The molecule has 0 saturated heterocycles. The van der Waals surface area contributed by atoms with Crippen LogP contribution in [0.3, 0.4) is 0 Å². The molecule has 4 nitrogen and oxygen atoms in total. The Morgan fingerprint density at radius 2 is 2.15 bits per heavy atom. The van der Waals surface area contributed by atoms with Gasteiger partial charge in [-0.3, -0.25) is 0 Å². The summed E-state index contributed by atoms with van der Waals surface area (Å²) in [6.45, 7) is 8.71. The van der Waals surface area contributed by atoms with Crippen LogP contribution >= 0.6 is 0 Å². The molecule has 0 saturated carbocycles. The Morgan fingerprint density at radius 3 is 2.85 bits per heavy atom. The predicted octanol–water partition coefficient (Wildman–Crippen LogP) is 2.60. The van der Waals surface area contributed by atoms with Gasteiger partial charge in [-0.2, -0.15) is 0 Å². The molecule has 4 heteroatoms. The Morgan fingerprint density at radius 1 is 1.35 bits per heavy atom. The molecule has 0 spiro atoms. The minimum atomic E-state index is 0.159. The summed E-state index contributed by atoms with van der Waals surface area (Å²) in [6.07, 6.45) is 4.88. The third-order valence-corrected chi connectivity index (χ3v) is 3.19. The summed E-state index contributed by atoms with van der Waals surface area (Å²) < 4.78 is 7.84. The fraction of sp³-hybridized carbons (Fsp3) is 0.562. The molecule has 1 atom stereocenters. The van der Waals surface area contributed by atoms with Crippen LogP contribution in [-0.2, 0) is 17.7 Å². The third-order valence-electron chi connectivity index (χ3n) is 3.19. The van der Waals surface area contributed by atoms with E-state index < -0.39 is 0 Å². The molecule has 0 radical (unpaired) electrons. The van der Waals surface area contributed by atoms with Gasteiger partial charge in [-0.25, -0.2) is 4.98 Å². The van der Waals surface area contributed by atoms with Crippen molar-refractivity contribution in [2.75, 3.05) is 13.2 Å². The molecular weight excluding hydrogens is 250 g/mol.